The van der Waals surface area contributed by atoms with Gasteiger partial charge in [-0.3, -0.25) is 14.9 Å². The SMILES string of the molecule is CCC(=O)NC(Cc1cc([N+](=O)[O-])ccc1O)C(=O)O. The minimum absolute atomic E-state index is 0.0861. The van der Waals surface area contributed by atoms with Crippen molar-refractivity contribution >= 4 is 17.6 Å². The lowest BCUT2D eigenvalue weighted by molar-refractivity contribution is -0.384. The van der Waals surface area contributed by atoms with Crippen molar-refractivity contribution in [1.82, 2.24) is 5.32 Å². The number of aromatic hydroxyl groups is 1. The summed E-state index contributed by atoms with van der Waals surface area (Å²) in [6, 6.07) is 2.06. The van der Waals surface area contributed by atoms with Crippen molar-refractivity contribution in [3.05, 3.63) is 33.9 Å². The number of carbonyl (C=O) groups is 2. The van der Waals surface area contributed by atoms with E-state index in [1.165, 1.54) is 0 Å². The van der Waals surface area contributed by atoms with Crippen LogP contribution in [0, 0.1) is 10.1 Å². The molecule has 20 heavy (non-hydrogen) atoms. The Morgan fingerprint density at radius 1 is 1.45 bits per heavy atom. The number of phenols is 1. The maximum atomic E-state index is 11.2. The van der Waals surface area contributed by atoms with E-state index >= 15 is 0 Å². The van der Waals surface area contributed by atoms with Crippen LogP contribution in [0.1, 0.15) is 18.9 Å². The summed E-state index contributed by atoms with van der Waals surface area (Å²) in [5.41, 5.74) is -0.174. The lowest BCUT2D eigenvalue weighted by Gasteiger charge is -2.14. The zero-order valence-electron chi connectivity index (χ0n) is 10.7. The second-order valence-corrected chi connectivity index (χ2v) is 4.09. The van der Waals surface area contributed by atoms with Gasteiger partial charge in [-0.15, -0.1) is 0 Å². The summed E-state index contributed by atoms with van der Waals surface area (Å²) in [7, 11) is 0. The van der Waals surface area contributed by atoms with Gasteiger partial charge in [0.1, 0.15) is 11.8 Å². The lowest BCUT2D eigenvalue weighted by Crippen LogP contribution is -2.42. The van der Waals surface area contributed by atoms with Gasteiger partial charge in [-0.2, -0.15) is 0 Å². The molecular weight excluding hydrogens is 268 g/mol. The van der Waals surface area contributed by atoms with E-state index in [0.717, 1.165) is 18.2 Å². The highest BCUT2D eigenvalue weighted by Crippen LogP contribution is 2.24. The highest BCUT2D eigenvalue weighted by molar-refractivity contribution is 5.83. The third-order valence-corrected chi connectivity index (χ3v) is 2.65. The Kier molecular flexibility index (Phi) is 5.01. The first-order chi connectivity index (χ1) is 9.35. The van der Waals surface area contributed by atoms with Crippen LogP contribution in [0.2, 0.25) is 0 Å². The summed E-state index contributed by atoms with van der Waals surface area (Å²) in [6.45, 7) is 1.57. The highest BCUT2D eigenvalue weighted by atomic mass is 16.6. The molecule has 0 saturated carbocycles. The molecular formula is C12H14N2O6. The fourth-order valence-electron chi connectivity index (χ4n) is 1.57. The number of nitro groups is 1. The molecule has 0 aliphatic carbocycles. The van der Waals surface area contributed by atoms with Crippen LogP contribution in [0.5, 0.6) is 5.75 Å². The van der Waals surface area contributed by atoms with Gasteiger partial charge in [-0.25, -0.2) is 4.79 Å². The quantitative estimate of drug-likeness (QED) is 0.523. The number of carbonyl (C=O) groups excluding carboxylic acids is 1. The van der Waals surface area contributed by atoms with E-state index in [1.54, 1.807) is 6.92 Å². The maximum Gasteiger partial charge on any atom is 0.326 e. The fourth-order valence-corrected chi connectivity index (χ4v) is 1.57. The molecule has 108 valence electrons. The maximum absolute atomic E-state index is 11.2. The Balaban J connectivity index is 2.98. The Morgan fingerprint density at radius 3 is 2.60 bits per heavy atom. The standard InChI is InChI=1S/C12H14N2O6/c1-2-11(16)13-9(12(17)18)6-7-5-8(14(19)20)3-4-10(7)15/h3-5,9,15H,2,6H2,1H3,(H,13,16)(H,17,18). The molecule has 0 fully saturated rings. The zero-order valence-corrected chi connectivity index (χ0v) is 10.7. The van der Waals surface area contributed by atoms with E-state index in [4.69, 9.17) is 5.11 Å². The largest absolute Gasteiger partial charge is 0.508 e. The molecule has 0 aliphatic rings. The number of aliphatic carboxylic acids is 1. The fraction of sp³-hybridized carbons (Fsp3) is 0.333. The number of non-ortho nitro benzene ring substituents is 1. The predicted octanol–water partition coefficient (Wildman–Crippen LogP) is 0.822. The first kappa shape index (κ1) is 15.4. The van der Waals surface area contributed by atoms with Crippen molar-refractivity contribution < 1.29 is 24.7 Å². The molecule has 1 unspecified atom stereocenters. The van der Waals surface area contributed by atoms with E-state index in [1.807, 2.05) is 0 Å². The van der Waals surface area contributed by atoms with Gasteiger partial charge in [0.2, 0.25) is 5.91 Å². The number of rotatable bonds is 6. The van der Waals surface area contributed by atoms with Gasteiger partial charge < -0.3 is 15.5 Å². The van der Waals surface area contributed by atoms with Crippen molar-refractivity contribution in [2.75, 3.05) is 0 Å². The third kappa shape index (κ3) is 3.94. The number of nitro benzene ring substituents is 1. The molecule has 0 aromatic heterocycles. The van der Waals surface area contributed by atoms with Crippen molar-refractivity contribution in [3.63, 3.8) is 0 Å². The van der Waals surface area contributed by atoms with Crippen molar-refractivity contribution in [3.8, 4) is 5.75 Å². The minimum atomic E-state index is -1.28. The molecule has 0 heterocycles. The summed E-state index contributed by atoms with van der Waals surface area (Å²) < 4.78 is 0. The van der Waals surface area contributed by atoms with Crippen LogP contribution in [-0.4, -0.2) is 33.1 Å². The Bertz CT molecular complexity index is 543. The smallest absolute Gasteiger partial charge is 0.326 e. The van der Waals surface area contributed by atoms with E-state index in [-0.39, 0.29) is 29.8 Å². The molecule has 1 rings (SSSR count). The summed E-state index contributed by atoms with van der Waals surface area (Å²) in [4.78, 5) is 32.3. The highest BCUT2D eigenvalue weighted by Gasteiger charge is 2.22. The third-order valence-electron chi connectivity index (χ3n) is 2.65. The Labute approximate surface area is 114 Å². The van der Waals surface area contributed by atoms with Crippen molar-refractivity contribution in [2.45, 2.75) is 25.8 Å². The topological polar surface area (TPSA) is 130 Å². The zero-order chi connectivity index (χ0) is 15.3. The monoisotopic (exact) mass is 282 g/mol. The molecule has 0 radical (unpaired) electrons. The molecule has 0 spiro atoms. The van der Waals surface area contributed by atoms with E-state index in [9.17, 15) is 24.8 Å². The molecule has 1 aromatic rings. The molecule has 1 atom stereocenters. The van der Waals surface area contributed by atoms with Crippen LogP contribution >= 0.6 is 0 Å². The summed E-state index contributed by atoms with van der Waals surface area (Å²) in [5, 5.41) is 31.5. The number of hydrogen-bond acceptors (Lipinski definition) is 5. The van der Waals surface area contributed by atoms with Crippen molar-refractivity contribution in [2.24, 2.45) is 0 Å². The Hall–Kier alpha value is -2.64. The van der Waals surface area contributed by atoms with E-state index in [0.29, 0.717) is 0 Å². The predicted molar refractivity (Wildman–Crippen MR) is 68.3 cm³/mol. The molecule has 1 aromatic carbocycles. The molecule has 0 bridgehead atoms. The average molecular weight is 282 g/mol. The molecule has 8 heteroatoms. The molecule has 0 saturated heterocycles. The number of amides is 1. The van der Waals surface area contributed by atoms with Gasteiger partial charge in [-0.05, 0) is 6.07 Å². The van der Waals surface area contributed by atoms with Gasteiger partial charge in [0.25, 0.3) is 5.69 Å². The first-order valence-corrected chi connectivity index (χ1v) is 5.83. The van der Waals surface area contributed by atoms with Crippen LogP contribution in [0.4, 0.5) is 5.69 Å². The number of carboxylic acids is 1. The second-order valence-electron chi connectivity index (χ2n) is 4.09. The molecule has 0 aliphatic heterocycles. The molecule has 1 amide bonds. The van der Waals surface area contributed by atoms with Crippen LogP contribution in [0.15, 0.2) is 18.2 Å². The average Bonchev–Trinajstić information content (AvgIpc) is 2.39. The van der Waals surface area contributed by atoms with Gasteiger partial charge >= 0.3 is 5.97 Å². The number of carboxylic acid groups (broad SMARTS) is 1. The van der Waals surface area contributed by atoms with E-state index in [2.05, 4.69) is 5.32 Å². The van der Waals surface area contributed by atoms with Crippen molar-refractivity contribution in [1.29, 1.82) is 0 Å². The minimum Gasteiger partial charge on any atom is -0.508 e. The van der Waals surface area contributed by atoms with Crippen LogP contribution in [-0.2, 0) is 16.0 Å². The normalized spacial score (nSPS) is 11.7. The number of nitrogens with one attached hydrogen (secondary N) is 1. The van der Waals surface area contributed by atoms with Crippen LogP contribution in [0.3, 0.4) is 0 Å². The summed E-state index contributed by atoms with van der Waals surface area (Å²) in [5.74, 6) is -1.99. The van der Waals surface area contributed by atoms with Crippen LogP contribution < -0.4 is 5.32 Å². The van der Waals surface area contributed by atoms with Gasteiger partial charge in [0, 0.05) is 30.5 Å². The second kappa shape index (κ2) is 6.50. The lowest BCUT2D eigenvalue weighted by atomic mass is 10.0. The number of benzene rings is 1. The number of nitrogens with zero attached hydrogens (tertiary/aromatic N) is 1. The first-order valence-electron chi connectivity index (χ1n) is 5.83. The summed E-state index contributed by atoms with van der Waals surface area (Å²) >= 11 is 0. The van der Waals surface area contributed by atoms with Gasteiger partial charge in [0.15, 0.2) is 0 Å². The summed E-state index contributed by atoms with van der Waals surface area (Å²) in [6.07, 6.45) is -0.126. The number of hydrogen-bond donors (Lipinski definition) is 3. The van der Waals surface area contributed by atoms with E-state index < -0.39 is 22.8 Å². The van der Waals surface area contributed by atoms with Crippen LogP contribution in [0.25, 0.3) is 0 Å². The number of phenolic OH excluding ortho intramolecular Hbond substituents is 1. The van der Waals surface area contributed by atoms with Gasteiger partial charge in [-0.1, -0.05) is 6.92 Å². The van der Waals surface area contributed by atoms with Gasteiger partial charge in [0.05, 0.1) is 4.92 Å². The Morgan fingerprint density at radius 2 is 2.10 bits per heavy atom. The molecule has 8 nitrogen and oxygen atoms in total. The molecule has 3 N–H and O–H groups in total.